The lowest BCUT2D eigenvalue weighted by molar-refractivity contribution is 0.0183. The van der Waals surface area contributed by atoms with Crippen molar-refractivity contribution in [1.29, 1.82) is 0 Å². The molecule has 0 spiro atoms. The summed E-state index contributed by atoms with van der Waals surface area (Å²) in [6.07, 6.45) is 1.35. The third-order valence-corrected chi connectivity index (χ3v) is 3.19. The smallest absolute Gasteiger partial charge is 0.0596 e. The first-order chi connectivity index (χ1) is 6.57. The lowest BCUT2D eigenvalue weighted by atomic mass is 9.64. The zero-order valence-corrected chi connectivity index (χ0v) is 8.70. The van der Waals surface area contributed by atoms with Crippen LogP contribution in [0.15, 0.2) is 6.07 Å². The number of hydrogen-bond acceptors (Lipinski definition) is 3. The van der Waals surface area contributed by atoms with Crippen LogP contribution in [0.3, 0.4) is 0 Å². The van der Waals surface area contributed by atoms with Gasteiger partial charge in [-0.3, -0.25) is 4.68 Å². The molecule has 0 unspecified atom stereocenters. The van der Waals surface area contributed by atoms with Gasteiger partial charge in [-0.15, -0.1) is 0 Å². The van der Waals surface area contributed by atoms with Crippen molar-refractivity contribution in [3.63, 3.8) is 0 Å². The molecule has 1 aromatic rings. The number of aliphatic hydroxyl groups excluding tert-OH is 1. The molecule has 1 aliphatic carbocycles. The number of nitrogens with zero attached hydrogens (tertiary/aromatic N) is 2. The first-order valence-corrected chi connectivity index (χ1v) is 4.97. The van der Waals surface area contributed by atoms with Gasteiger partial charge < -0.3 is 10.8 Å². The minimum absolute atomic E-state index is 0.0323. The number of nitrogens with two attached hydrogens (primary N) is 1. The van der Waals surface area contributed by atoms with Crippen LogP contribution in [-0.4, -0.2) is 27.5 Å². The normalized spacial score (nSPS) is 31.6. The van der Waals surface area contributed by atoms with Crippen molar-refractivity contribution >= 4 is 0 Å². The van der Waals surface area contributed by atoms with E-state index in [4.69, 9.17) is 5.73 Å². The molecular formula is C10H17N3O. The Kier molecular flexibility index (Phi) is 2.12. The Balaban J connectivity index is 2.33. The van der Waals surface area contributed by atoms with E-state index in [0.29, 0.717) is 6.54 Å². The summed E-state index contributed by atoms with van der Waals surface area (Å²) in [5.41, 5.74) is 7.92. The number of aliphatic hydroxyl groups is 1. The molecule has 78 valence electrons. The van der Waals surface area contributed by atoms with E-state index in [9.17, 15) is 5.11 Å². The van der Waals surface area contributed by atoms with E-state index in [2.05, 4.69) is 11.2 Å². The molecule has 3 N–H and O–H groups in total. The van der Waals surface area contributed by atoms with Gasteiger partial charge in [-0.25, -0.2) is 0 Å². The zero-order chi connectivity index (χ0) is 10.3. The largest absolute Gasteiger partial charge is 0.393 e. The van der Waals surface area contributed by atoms with Gasteiger partial charge in [0.2, 0.25) is 0 Å². The van der Waals surface area contributed by atoms with Crippen LogP contribution in [0.4, 0.5) is 0 Å². The van der Waals surface area contributed by atoms with E-state index in [1.165, 1.54) is 0 Å². The molecule has 14 heavy (non-hydrogen) atoms. The van der Waals surface area contributed by atoms with Crippen molar-refractivity contribution in [1.82, 2.24) is 9.78 Å². The number of aromatic nitrogens is 2. The lowest BCUT2D eigenvalue weighted by Crippen LogP contribution is -2.50. The summed E-state index contributed by atoms with van der Waals surface area (Å²) in [5.74, 6) is 0. The summed E-state index contributed by atoms with van der Waals surface area (Å²) in [7, 11) is 1.93. The lowest BCUT2D eigenvalue weighted by Gasteiger charge is -2.44. The van der Waals surface area contributed by atoms with Gasteiger partial charge in [0.05, 0.1) is 11.8 Å². The van der Waals surface area contributed by atoms with Crippen molar-refractivity contribution in [2.75, 3.05) is 6.54 Å². The molecule has 0 aliphatic heterocycles. The Morgan fingerprint density at radius 3 is 2.71 bits per heavy atom. The Morgan fingerprint density at radius 1 is 1.71 bits per heavy atom. The quantitative estimate of drug-likeness (QED) is 0.702. The Hall–Kier alpha value is -0.870. The highest BCUT2D eigenvalue weighted by molar-refractivity contribution is 5.25. The van der Waals surface area contributed by atoms with Gasteiger partial charge in [0.25, 0.3) is 0 Å². The monoisotopic (exact) mass is 195 g/mol. The van der Waals surface area contributed by atoms with Gasteiger partial charge in [-0.2, -0.15) is 5.10 Å². The van der Waals surface area contributed by atoms with Gasteiger partial charge in [0, 0.05) is 24.7 Å². The fourth-order valence-electron chi connectivity index (χ4n) is 2.43. The van der Waals surface area contributed by atoms with Crippen molar-refractivity contribution in [2.24, 2.45) is 12.8 Å². The Labute approximate surface area is 83.7 Å². The molecule has 0 aromatic carbocycles. The fraction of sp³-hybridized carbons (Fsp3) is 0.700. The third kappa shape index (κ3) is 1.26. The van der Waals surface area contributed by atoms with Crippen LogP contribution >= 0.6 is 0 Å². The topological polar surface area (TPSA) is 64.1 Å². The van der Waals surface area contributed by atoms with Crippen LogP contribution in [0.25, 0.3) is 0 Å². The molecule has 2 rings (SSSR count). The first-order valence-electron chi connectivity index (χ1n) is 4.97. The summed E-state index contributed by atoms with van der Waals surface area (Å²) in [6.45, 7) is 2.56. The summed E-state index contributed by atoms with van der Waals surface area (Å²) < 4.78 is 1.88. The highest BCUT2D eigenvalue weighted by Crippen LogP contribution is 2.42. The van der Waals surface area contributed by atoms with Crippen LogP contribution in [0.5, 0.6) is 0 Å². The molecule has 1 heterocycles. The van der Waals surface area contributed by atoms with Crippen LogP contribution in [0, 0.1) is 6.92 Å². The van der Waals surface area contributed by atoms with Crippen LogP contribution in [0.1, 0.15) is 24.2 Å². The summed E-state index contributed by atoms with van der Waals surface area (Å²) in [5, 5.41) is 13.7. The second-order valence-electron chi connectivity index (χ2n) is 4.34. The van der Waals surface area contributed by atoms with E-state index in [-0.39, 0.29) is 11.5 Å². The molecule has 0 radical (unpaired) electrons. The van der Waals surface area contributed by atoms with Crippen molar-refractivity contribution < 1.29 is 5.11 Å². The van der Waals surface area contributed by atoms with Gasteiger partial charge in [0.15, 0.2) is 0 Å². The average Bonchev–Trinajstić information content (AvgIpc) is 2.40. The minimum atomic E-state index is -0.186. The summed E-state index contributed by atoms with van der Waals surface area (Å²) in [4.78, 5) is 0. The number of hydrogen-bond donors (Lipinski definition) is 2. The van der Waals surface area contributed by atoms with E-state index < -0.39 is 0 Å². The molecule has 4 heteroatoms. The average molecular weight is 195 g/mol. The third-order valence-electron chi connectivity index (χ3n) is 3.19. The number of aryl methyl sites for hydroxylation is 2. The van der Waals surface area contributed by atoms with E-state index in [1.54, 1.807) is 0 Å². The van der Waals surface area contributed by atoms with E-state index >= 15 is 0 Å². The molecule has 1 saturated carbocycles. The molecule has 0 bridgehead atoms. The van der Waals surface area contributed by atoms with Crippen LogP contribution < -0.4 is 5.73 Å². The molecule has 1 aliphatic rings. The highest BCUT2D eigenvalue weighted by Gasteiger charge is 2.45. The zero-order valence-electron chi connectivity index (χ0n) is 8.70. The van der Waals surface area contributed by atoms with Gasteiger partial charge >= 0.3 is 0 Å². The van der Waals surface area contributed by atoms with Crippen LogP contribution in [-0.2, 0) is 12.5 Å². The maximum absolute atomic E-state index is 9.39. The molecule has 1 fully saturated rings. The second-order valence-corrected chi connectivity index (χ2v) is 4.34. The highest BCUT2D eigenvalue weighted by atomic mass is 16.3. The predicted molar refractivity (Wildman–Crippen MR) is 53.9 cm³/mol. The van der Waals surface area contributed by atoms with E-state index in [0.717, 1.165) is 24.2 Å². The molecule has 0 atom stereocenters. The fourth-order valence-corrected chi connectivity index (χ4v) is 2.43. The molecule has 1 aromatic heterocycles. The molecular weight excluding hydrogens is 178 g/mol. The molecule has 0 amide bonds. The summed E-state index contributed by atoms with van der Waals surface area (Å²) in [6, 6.07) is 2.07. The molecule has 4 nitrogen and oxygen atoms in total. The first kappa shape index (κ1) is 9.68. The van der Waals surface area contributed by atoms with Crippen molar-refractivity contribution in [3.8, 4) is 0 Å². The second kappa shape index (κ2) is 3.07. The van der Waals surface area contributed by atoms with Gasteiger partial charge in [0.1, 0.15) is 0 Å². The Morgan fingerprint density at radius 2 is 2.36 bits per heavy atom. The van der Waals surface area contributed by atoms with Crippen molar-refractivity contribution in [2.45, 2.75) is 31.3 Å². The van der Waals surface area contributed by atoms with E-state index in [1.807, 2.05) is 18.7 Å². The van der Waals surface area contributed by atoms with Crippen LogP contribution in [0.2, 0.25) is 0 Å². The van der Waals surface area contributed by atoms with Crippen molar-refractivity contribution in [3.05, 3.63) is 17.5 Å². The van der Waals surface area contributed by atoms with Gasteiger partial charge in [-0.05, 0) is 25.8 Å². The summed E-state index contributed by atoms with van der Waals surface area (Å²) >= 11 is 0. The minimum Gasteiger partial charge on any atom is -0.393 e. The predicted octanol–water partition coefficient (Wildman–Crippen LogP) is 0.0797. The van der Waals surface area contributed by atoms with Gasteiger partial charge in [-0.1, -0.05) is 0 Å². The number of rotatable bonds is 2. The molecule has 0 saturated heterocycles. The Bertz CT molecular complexity index is 339. The maximum Gasteiger partial charge on any atom is 0.0596 e. The standard InChI is InChI=1S/C10H17N3O/c1-7-3-9(13(2)12-7)10(6-11)4-8(14)5-10/h3,8,14H,4-6,11H2,1-2H3. The maximum atomic E-state index is 9.39. The SMILES string of the molecule is Cc1cc(C2(CN)CC(O)C2)n(C)n1.